The number of hydrogen-bond donors (Lipinski definition) is 0. The standard InChI is InChI=1S/C28H42N4/c1-18(2)23-15-13-21-11-12-22(28(32(6)7)27(21)29-23)17-19(3)24-16-14-20-9-8-10-25(31(4)5)26(20)30-24/h13-16,18-19,22,25,28H,8-12,17H2,1-7H3. The summed E-state index contributed by atoms with van der Waals surface area (Å²) in [5.74, 6) is 1.52. The third-order valence-electron chi connectivity index (χ3n) is 7.75. The molecule has 0 N–H and O–H groups in total. The average molecular weight is 435 g/mol. The quantitative estimate of drug-likeness (QED) is 0.567. The first-order valence-corrected chi connectivity index (χ1v) is 12.6. The summed E-state index contributed by atoms with van der Waals surface area (Å²) in [6, 6.07) is 10.1. The summed E-state index contributed by atoms with van der Waals surface area (Å²) in [6.45, 7) is 6.86. The molecular formula is C28H42N4. The summed E-state index contributed by atoms with van der Waals surface area (Å²) in [5, 5.41) is 0. The molecule has 2 aliphatic rings. The molecule has 4 rings (SSSR count). The minimum Gasteiger partial charge on any atom is -0.301 e. The maximum atomic E-state index is 5.26. The fraction of sp³-hybridized carbons (Fsp3) is 0.643. The summed E-state index contributed by atoms with van der Waals surface area (Å²) in [7, 11) is 8.83. The molecule has 2 aromatic heterocycles. The molecule has 0 saturated carbocycles. The van der Waals surface area contributed by atoms with Crippen molar-refractivity contribution in [1.82, 2.24) is 19.8 Å². The molecular weight excluding hydrogens is 392 g/mol. The number of aryl methyl sites for hydroxylation is 2. The molecule has 174 valence electrons. The van der Waals surface area contributed by atoms with Crippen molar-refractivity contribution in [1.29, 1.82) is 0 Å². The molecule has 32 heavy (non-hydrogen) atoms. The van der Waals surface area contributed by atoms with Gasteiger partial charge in [-0.1, -0.05) is 32.9 Å². The molecule has 0 aromatic carbocycles. The molecule has 0 saturated heterocycles. The van der Waals surface area contributed by atoms with Crippen molar-refractivity contribution in [2.45, 2.75) is 83.2 Å². The van der Waals surface area contributed by atoms with Crippen LogP contribution in [0.5, 0.6) is 0 Å². The van der Waals surface area contributed by atoms with E-state index in [0.717, 1.165) is 12.8 Å². The molecule has 4 nitrogen and oxygen atoms in total. The zero-order chi connectivity index (χ0) is 23.0. The first-order chi connectivity index (χ1) is 15.3. The number of nitrogens with zero attached hydrogens (tertiary/aromatic N) is 4. The van der Waals surface area contributed by atoms with Gasteiger partial charge in [0.1, 0.15) is 0 Å². The van der Waals surface area contributed by atoms with Gasteiger partial charge in [0.05, 0.1) is 23.5 Å². The SMILES string of the molecule is CC(C)c1ccc2c(n1)C(N(C)C)C(CC(C)c1ccc3c(n1)C(N(C)C)CCC3)CC2. The molecule has 0 fully saturated rings. The van der Waals surface area contributed by atoms with E-state index < -0.39 is 0 Å². The Bertz CT molecular complexity index is 933. The Balaban J connectivity index is 1.58. The van der Waals surface area contributed by atoms with Crippen LogP contribution in [-0.4, -0.2) is 48.0 Å². The molecule has 2 aliphatic carbocycles. The lowest BCUT2D eigenvalue weighted by Crippen LogP contribution is -2.34. The highest BCUT2D eigenvalue weighted by atomic mass is 15.1. The van der Waals surface area contributed by atoms with E-state index in [4.69, 9.17) is 9.97 Å². The first kappa shape index (κ1) is 23.4. The molecule has 4 unspecified atom stereocenters. The van der Waals surface area contributed by atoms with Crippen LogP contribution >= 0.6 is 0 Å². The fourth-order valence-corrected chi connectivity index (χ4v) is 5.94. The van der Waals surface area contributed by atoms with Gasteiger partial charge >= 0.3 is 0 Å². The molecule has 4 heteroatoms. The van der Waals surface area contributed by atoms with E-state index in [-0.39, 0.29) is 0 Å². The number of fused-ring (bicyclic) bond motifs is 2. The maximum absolute atomic E-state index is 5.26. The number of pyridine rings is 2. The Morgan fingerprint density at radius 3 is 2.12 bits per heavy atom. The fourth-order valence-electron chi connectivity index (χ4n) is 5.94. The van der Waals surface area contributed by atoms with Crippen LogP contribution in [-0.2, 0) is 12.8 Å². The van der Waals surface area contributed by atoms with E-state index >= 15 is 0 Å². The summed E-state index contributed by atoms with van der Waals surface area (Å²) < 4.78 is 0. The normalized spacial score (nSPS) is 24.0. The Morgan fingerprint density at radius 2 is 1.47 bits per heavy atom. The lowest BCUT2D eigenvalue weighted by molar-refractivity contribution is 0.169. The Kier molecular flexibility index (Phi) is 7.02. The summed E-state index contributed by atoms with van der Waals surface area (Å²) >= 11 is 0. The van der Waals surface area contributed by atoms with Gasteiger partial charge in [0.2, 0.25) is 0 Å². The highest BCUT2D eigenvalue weighted by Gasteiger charge is 2.34. The second-order valence-corrected chi connectivity index (χ2v) is 10.9. The van der Waals surface area contributed by atoms with E-state index in [2.05, 4.69) is 83.0 Å². The largest absolute Gasteiger partial charge is 0.301 e. The van der Waals surface area contributed by atoms with E-state index in [1.165, 1.54) is 59.6 Å². The molecule has 0 bridgehead atoms. The van der Waals surface area contributed by atoms with Gasteiger partial charge in [0.15, 0.2) is 0 Å². The van der Waals surface area contributed by atoms with E-state index in [1.807, 2.05) is 0 Å². The van der Waals surface area contributed by atoms with Crippen LogP contribution in [0.3, 0.4) is 0 Å². The lowest BCUT2D eigenvalue weighted by Gasteiger charge is -2.38. The number of rotatable bonds is 6. The number of aromatic nitrogens is 2. The van der Waals surface area contributed by atoms with Gasteiger partial charge in [0, 0.05) is 11.4 Å². The zero-order valence-electron chi connectivity index (χ0n) is 21.2. The van der Waals surface area contributed by atoms with E-state index in [0.29, 0.717) is 29.8 Å². The van der Waals surface area contributed by atoms with Gasteiger partial charge < -0.3 is 9.80 Å². The molecule has 0 aliphatic heterocycles. The monoisotopic (exact) mass is 434 g/mol. The van der Waals surface area contributed by atoms with Crippen molar-refractivity contribution in [3.63, 3.8) is 0 Å². The van der Waals surface area contributed by atoms with Gasteiger partial charge in [-0.25, -0.2) is 0 Å². The van der Waals surface area contributed by atoms with Crippen molar-refractivity contribution in [2.75, 3.05) is 28.2 Å². The van der Waals surface area contributed by atoms with Crippen LogP contribution in [0.25, 0.3) is 0 Å². The lowest BCUT2D eigenvalue weighted by atomic mass is 9.76. The number of hydrogen-bond acceptors (Lipinski definition) is 4. The van der Waals surface area contributed by atoms with Crippen LogP contribution in [0.1, 0.15) is 104 Å². The minimum atomic E-state index is 0.382. The van der Waals surface area contributed by atoms with Gasteiger partial charge in [-0.3, -0.25) is 9.97 Å². The van der Waals surface area contributed by atoms with Crippen molar-refractivity contribution in [3.8, 4) is 0 Å². The van der Waals surface area contributed by atoms with Crippen LogP contribution < -0.4 is 0 Å². The third kappa shape index (κ3) is 4.63. The van der Waals surface area contributed by atoms with Gasteiger partial charge in [0.25, 0.3) is 0 Å². The summed E-state index contributed by atoms with van der Waals surface area (Å²) in [4.78, 5) is 15.2. The molecule has 2 heterocycles. The predicted octanol–water partition coefficient (Wildman–Crippen LogP) is 5.90. The van der Waals surface area contributed by atoms with Crippen molar-refractivity contribution in [2.24, 2.45) is 5.92 Å². The van der Waals surface area contributed by atoms with Crippen LogP contribution in [0.4, 0.5) is 0 Å². The highest BCUT2D eigenvalue weighted by Crippen LogP contribution is 2.42. The van der Waals surface area contributed by atoms with Gasteiger partial charge in [-0.15, -0.1) is 0 Å². The van der Waals surface area contributed by atoms with Crippen LogP contribution in [0.15, 0.2) is 24.3 Å². The molecule has 4 atom stereocenters. The molecule has 0 spiro atoms. The van der Waals surface area contributed by atoms with Gasteiger partial charge in [-0.2, -0.15) is 0 Å². The Hall–Kier alpha value is -1.78. The second-order valence-electron chi connectivity index (χ2n) is 10.9. The van der Waals surface area contributed by atoms with Crippen molar-refractivity contribution < 1.29 is 0 Å². The van der Waals surface area contributed by atoms with E-state index in [9.17, 15) is 0 Å². The Morgan fingerprint density at radius 1 is 0.812 bits per heavy atom. The van der Waals surface area contributed by atoms with Gasteiger partial charge in [-0.05, 0) is 108 Å². The van der Waals surface area contributed by atoms with E-state index in [1.54, 1.807) is 0 Å². The summed E-state index contributed by atoms with van der Waals surface area (Å²) in [6.07, 6.45) is 7.19. The van der Waals surface area contributed by atoms with Crippen molar-refractivity contribution >= 4 is 0 Å². The molecule has 0 amide bonds. The van der Waals surface area contributed by atoms with Crippen molar-refractivity contribution in [3.05, 3.63) is 58.2 Å². The maximum Gasteiger partial charge on any atom is 0.0613 e. The first-order valence-electron chi connectivity index (χ1n) is 12.6. The zero-order valence-corrected chi connectivity index (χ0v) is 21.2. The third-order valence-corrected chi connectivity index (χ3v) is 7.75. The topological polar surface area (TPSA) is 32.3 Å². The van der Waals surface area contributed by atoms with Crippen LogP contribution in [0, 0.1) is 5.92 Å². The molecule has 0 radical (unpaired) electrons. The Labute approximate surface area is 195 Å². The average Bonchev–Trinajstić information content (AvgIpc) is 2.77. The van der Waals surface area contributed by atoms with Crippen LogP contribution in [0.2, 0.25) is 0 Å². The highest BCUT2D eigenvalue weighted by molar-refractivity contribution is 5.31. The summed E-state index contributed by atoms with van der Waals surface area (Å²) in [5.41, 5.74) is 8.02. The molecule has 2 aromatic rings. The minimum absolute atomic E-state index is 0.382. The second kappa shape index (κ2) is 9.61. The smallest absolute Gasteiger partial charge is 0.0613 e. The predicted molar refractivity (Wildman–Crippen MR) is 133 cm³/mol.